The fourth-order valence-electron chi connectivity index (χ4n) is 2.85. The minimum absolute atomic E-state index is 0.385. The summed E-state index contributed by atoms with van der Waals surface area (Å²) in [5.41, 5.74) is 5.79. The first-order valence-corrected chi connectivity index (χ1v) is 12.7. The van der Waals surface area contributed by atoms with Crippen LogP contribution in [0, 0.1) is 6.92 Å². The van der Waals surface area contributed by atoms with Crippen molar-refractivity contribution in [1.29, 1.82) is 0 Å². The van der Waals surface area contributed by atoms with Gasteiger partial charge in [0.1, 0.15) is 18.9 Å². The highest BCUT2D eigenvalue weighted by molar-refractivity contribution is 9.10. The van der Waals surface area contributed by atoms with Gasteiger partial charge >= 0.3 is 0 Å². The maximum absolute atomic E-state index is 12.3. The van der Waals surface area contributed by atoms with Gasteiger partial charge in [-0.15, -0.1) is 0 Å². The summed E-state index contributed by atoms with van der Waals surface area (Å²) >= 11 is 3.30. The fraction of sp³-hybridized carbons (Fsp3) is 0.167. The third-order valence-electron chi connectivity index (χ3n) is 4.61. The number of carbonyl (C=O) groups excluding carboxylic acids is 1. The van der Waals surface area contributed by atoms with E-state index in [4.69, 9.17) is 4.74 Å². The lowest BCUT2D eigenvalue weighted by Crippen LogP contribution is -2.38. The molecule has 0 aromatic heterocycles. The van der Waals surface area contributed by atoms with Crippen molar-refractivity contribution in [3.63, 3.8) is 0 Å². The number of ether oxygens (including phenoxy) is 1. The van der Waals surface area contributed by atoms with E-state index in [2.05, 4.69) is 26.5 Å². The molecule has 7 nitrogen and oxygen atoms in total. The number of sulfonamides is 1. The van der Waals surface area contributed by atoms with Crippen LogP contribution in [0.2, 0.25) is 0 Å². The van der Waals surface area contributed by atoms with Crippen LogP contribution < -0.4 is 14.5 Å². The van der Waals surface area contributed by atoms with E-state index in [-0.39, 0.29) is 6.54 Å². The van der Waals surface area contributed by atoms with E-state index in [0.29, 0.717) is 12.3 Å². The van der Waals surface area contributed by atoms with Crippen LogP contribution >= 0.6 is 15.9 Å². The number of rotatable bonds is 9. The standard InChI is InChI=1S/C24H24BrN3O4S/c1-18-3-5-20(6-4-18)17-32-23-13-7-19(8-14-23)15-26-27-24(29)16-28(33(2,30)31)22-11-9-21(25)10-12-22/h3-15H,16-17H2,1-2H3,(H,27,29)/b26-15-. The molecule has 1 N–H and O–H groups in total. The number of anilines is 1. The third-order valence-corrected chi connectivity index (χ3v) is 6.28. The van der Waals surface area contributed by atoms with Crippen LogP contribution in [0.5, 0.6) is 5.75 Å². The second-order valence-electron chi connectivity index (χ2n) is 7.38. The normalized spacial score (nSPS) is 11.4. The van der Waals surface area contributed by atoms with Crippen LogP contribution in [0.25, 0.3) is 0 Å². The van der Waals surface area contributed by atoms with E-state index < -0.39 is 15.9 Å². The summed E-state index contributed by atoms with van der Waals surface area (Å²) in [4.78, 5) is 12.3. The van der Waals surface area contributed by atoms with Gasteiger partial charge in [-0.3, -0.25) is 9.10 Å². The molecule has 0 bridgehead atoms. The van der Waals surface area contributed by atoms with Crippen molar-refractivity contribution in [3.8, 4) is 5.75 Å². The molecule has 0 radical (unpaired) electrons. The number of nitrogens with one attached hydrogen (secondary N) is 1. The Bertz CT molecular complexity index is 1210. The lowest BCUT2D eigenvalue weighted by Gasteiger charge is -2.21. The second-order valence-corrected chi connectivity index (χ2v) is 10.2. The molecule has 0 atom stereocenters. The molecule has 0 aliphatic carbocycles. The maximum Gasteiger partial charge on any atom is 0.260 e. The Morgan fingerprint density at radius 1 is 1.03 bits per heavy atom. The van der Waals surface area contributed by atoms with E-state index in [1.165, 1.54) is 11.8 Å². The Morgan fingerprint density at radius 3 is 2.27 bits per heavy atom. The van der Waals surface area contributed by atoms with E-state index in [9.17, 15) is 13.2 Å². The van der Waals surface area contributed by atoms with Gasteiger partial charge in [0.05, 0.1) is 18.2 Å². The molecule has 0 saturated heterocycles. The van der Waals surface area contributed by atoms with Crippen LogP contribution in [0.4, 0.5) is 5.69 Å². The predicted molar refractivity (Wildman–Crippen MR) is 134 cm³/mol. The molecule has 9 heteroatoms. The number of benzene rings is 3. The average molecular weight is 530 g/mol. The second kappa shape index (κ2) is 11.1. The summed E-state index contributed by atoms with van der Waals surface area (Å²) in [5, 5.41) is 3.92. The zero-order valence-corrected chi connectivity index (χ0v) is 20.6. The number of halogens is 1. The Kier molecular flexibility index (Phi) is 8.24. The van der Waals surface area contributed by atoms with Crippen LogP contribution in [0.15, 0.2) is 82.4 Å². The molecule has 3 aromatic carbocycles. The Labute approximate surface area is 202 Å². The topological polar surface area (TPSA) is 88.1 Å². The van der Waals surface area contributed by atoms with E-state index in [1.54, 1.807) is 24.3 Å². The Morgan fingerprint density at radius 2 is 1.67 bits per heavy atom. The molecule has 0 aliphatic heterocycles. The van der Waals surface area contributed by atoms with Gasteiger partial charge in [0.25, 0.3) is 5.91 Å². The number of aryl methyl sites for hydroxylation is 1. The van der Waals surface area contributed by atoms with Crippen LogP contribution in [0.3, 0.4) is 0 Å². The minimum atomic E-state index is -3.64. The molecule has 33 heavy (non-hydrogen) atoms. The highest BCUT2D eigenvalue weighted by Gasteiger charge is 2.20. The zero-order valence-electron chi connectivity index (χ0n) is 18.2. The number of carbonyl (C=O) groups is 1. The summed E-state index contributed by atoms with van der Waals surface area (Å²) in [5.74, 6) is 0.160. The average Bonchev–Trinajstić information content (AvgIpc) is 2.78. The third kappa shape index (κ3) is 7.73. The number of nitrogens with zero attached hydrogens (tertiary/aromatic N) is 2. The molecule has 0 fully saturated rings. The first-order chi connectivity index (χ1) is 15.7. The number of amides is 1. The maximum atomic E-state index is 12.3. The summed E-state index contributed by atoms with van der Waals surface area (Å²) < 4.78 is 31.8. The molecule has 0 spiro atoms. The quantitative estimate of drug-likeness (QED) is 0.331. The van der Waals surface area contributed by atoms with Crippen molar-refractivity contribution < 1.29 is 17.9 Å². The van der Waals surface area contributed by atoms with Crippen LogP contribution in [0.1, 0.15) is 16.7 Å². The number of hydrogen-bond acceptors (Lipinski definition) is 5. The van der Waals surface area contributed by atoms with Crippen molar-refractivity contribution in [1.82, 2.24) is 5.43 Å². The first kappa shape index (κ1) is 24.5. The van der Waals surface area contributed by atoms with Gasteiger partial charge < -0.3 is 4.74 Å². The molecular formula is C24H24BrN3O4S. The Hall–Kier alpha value is -3.17. The van der Waals surface area contributed by atoms with E-state index >= 15 is 0 Å². The fourth-order valence-corrected chi connectivity index (χ4v) is 3.97. The molecule has 172 valence electrons. The molecule has 1 amide bonds. The summed E-state index contributed by atoms with van der Waals surface area (Å²) in [6.07, 6.45) is 2.53. The van der Waals surface area contributed by atoms with Gasteiger partial charge in [-0.2, -0.15) is 5.10 Å². The van der Waals surface area contributed by atoms with Crippen molar-refractivity contribution in [2.75, 3.05) is 17.1 Å². The number of hydrogen-bond donors (Lipinski definition) is 1. The smallest absolute Gasteiger partial charge is 0.260 e. The van der Waals surface area contributed by atoms with Gasteiger partial charge in [-0.25, -0.2) is 13.8 Å². The molecule has 0 heterocycles. The first-order valence-electron chi connectivity index (χ1n) is 10.0. The van der Waals surface area contributed by atoms with Gasteiger partial charge in [-0.1, -0.05) is 45.8 Å². The van der Waals surface area contributed by atoms with Gasteiger partial charge in [0.2, 0.25) is 10.0 Å². The summed E-state index contributed by atoms with van der Waals surface area (Å²) in [6.45, 7) is 2.13. The van der Waals surface area contributed by atoms with Crippen molar-refractivity contribution >= 4 is 43.8 Å². The minimum Gasteiger partial charge on any atom is -0.489 e. The predicted octanol–water partition coefficient (Wildman–Crippen LogP) is 4.25. The zero-order chi connectivity index (χ0) is 23.8. The highest BCUT2D eigenvalue weighted by Crippen LogP contribution is 2.20. The van der Waals surface area contributed by atoms with Gasteiger partial charge in [0, 0.05) is 4.47 Å². The number of hydrazone groups is 1. The molecule has 0 saturated carbocycles. The van der Waals surface area contributed by atoms with E-state index in [0.717, 1.165) is 31.9 Å². The highest BCUT2D eigenvalue weighted by atomic mass is 79.9. The van der Waals surface area contributed by atoms with Crippen molar-refractivity contribution in [2.24, 2.45) is 5.10 Å². The lowest BCUT2D eigenvalue weighted by atomic mass is 10.2. The SMILES string of the molecule is Cc1ccc(COc2ccc(/C=N\NC(=O)CN(c3ccc(Br)cc3)S(C)(=O)=O)cc2)cc1. The van der Waals surface area contributed by atoms with Crippen LogP contribution in [-0.4, -0.2) is 33.3 Å². The van der Waals surface area contributed by atoms with Crippen LogP contribution in [-0.2, 0) is 21.4 Å². The lowest BCUT2D eigenvalue weighted by molar-refractivity contribution is -0.119. The monoisotopic (exact) mass is 529 g/mol. The molecular weight excluding hydrogens is 506 g/mol. The molecule has 0 aliphatic rings. The summed E-state index contributed by atoms with van der Waals surface area (Å²) in [7, 11) is -3.64. The van der Waals surface area contributed by atoms with Crippen molar-refractivity contribution in [3.05, 3.63) is 94.0 Å². The van der Waals surface area contributed by atoms with Crippen molar-refractivity contribution in [2.45, 2.75) is 13.5 Å². The largest absolute Gasteiger partial charge is 0.489 e. The van der Waals surface area contributed by atoms with Gasteiger partial charge in [0.15, 0.2) is 0 Å². The van der Waals surface area contributed by atoms with E-state index in [1.807, 2.05) is 55.5 Å². The summed E-state index contributed by atoms with van der Waals surface area (Å²) in [6, 6.07) is 22.0. The molecule has 0 unspecified atom stereocenters. The Balaban J connectivity index is 1.53. The van der Waals surface area contributed by atoms with Gasteiger partial charge in [-0.05, 0) is 66.6 Å². The molecule has 3 rings (SSSR count). The molecule has 3 aromatic rings.